The summed E-state index contributed by atoms with van der Waals surface area (Å²) in [5.41, 5.74) is 1.54. The number of aryl methyl sites for hydroxylation is 2. The highest BCUT2D eigenvalue weighted by Gasteiger charge is 2.23. The van der Waals surface area contributed by atoms with Gasteiger partial charge in [-0.3, -0.25) is 9.52 Å². The number of anilines is 2. The van der Waals surface area contributed by atoms with Crippen LogP contribution in [0.4, 0.5) is 11.5 Å². The molecule has 1 aliphatic rings. The van der Waals surface area contributed by atoms with Crippen LogP contribution in [0.3, 0.4) is 0 Å². The summed E-state index contributed by atoms with van der Waals surface area (Å²) in [4.78, 5) is 26.6. The van der Waals surface area contributed by atoms with E-state index in [1.54, 1.807) is 0 Å². The number of nitrogens with zero attached hydrogens (tertiary/aromatic N) is 2. The number of carbonyl (C=O) groups is 2. The summed E-state index contributed by atoms with van der Waals surface area (Å²) in [7, 11) is -3.91. The second-order valence-corrected chi connectivity index (χ2v) is 10.9. The van der Waals surface area contributed by atoms with Crippen molar-refractivity contribution in [3.63, 3.8) is 0 Å². The quantitative estimate of drug-likeness (QED) is 0.450. The summed E-state index contributed by atoms with van der Waals surface area (Å²) in [6.45, 7) is 1.48. The number of ether oxygens (including phenoxy) is 1. The molecule has 2 heterocycles. The van der Waals surface area contributed by atoms with Gasteiger partial charge in [-0.25, -0.2) is 13.2 Å². The van der Waals surface area contributed by atoms with Gasteiger partial charge in [0.15, 0.2) is 17.1 Å². The average molecular weight is 521 g/mol. The predicted molar refractivity (Wildman–Crippen MR) is 129 cm³/mol. The summed E-state index contributed by atoms with van der Waals surface area (Å²) >= 11 is 7.07. The van der Waals surface area contributed by atoms with Gasteiger partial charge in [-0.2, -0.15) is 0 Å². The lowest BCUT2D eigenvalue weighted by atomic mass is 9.99. The van der Waals surface area contributed by atoms with Crippen LogP contribution in [0.1, 0.15) is 39.9 Å². The van der Waals surface area contributed by atoms with Crippen molar-refractivity contribution in [2.45, 2.75) is 43.6 Å². The zero-order valence-corrected chi connectivity index (χ0v) is 20.5. The first-order valence-electron chi connectivity index (χ1n) is 10.5. The Morgan fingerprint density at radius 1 is 1.09 bits per heavy atom. The lowest BCUT2D eigenvalue weighted by Crippen LogP contribution is -2.29. The SMILES string of the molecule is CC(OC(=O)c1cc2c(s1)CCCC2)C(=O)Nc1ccc(S(=O)(=O)Nc2ccc(Cl)nn2)cc1. The van der Waals surface area contributed by atoms with Crippen molar-refractivity contribution in [2.24, 2.45) is 0 Å². The molecular weight excluding hydrogens is 500 g/mol. The molecule has 0 fully saturated rings. The molecule has 4 rings (SSSR count). The molecule has 9 nitrogen and oxygen atoms in total. The van der Waals surface area contributed by atoms with Crippen LogP contribution in [0.2, 0.25) is 5.15 Å². The van der Waals surface area contributed by atoms with E-state index in [4.69, 9.17) is 16.3 Å². The first-order valence-corrected chi connectivity index (χ1v) is 13.1. The monoisotopic (exact) mass is 520 g/mol. The van der Waals surface area contributed by atoms with Crippen LogP contribution in [0.15, 0.2) is 47.4 Å². The number of benzene rings is 1. The van der Waals surface area contributed by atoms with Gasteiger partial charge in [0.25, 0.3) is 15.9 Å². The number of thiophene rings is 1. The van der Waals surface area contributed by atoms with Gasteiger partial charge < -0.3 is 10.1 Å². The van der Waals surface area contributed by atoms with E-state index in [-0.39, 0.29) is 15.9 Å². The molecule has 1 atom stereocenters. The minimum absolute atomic E-state index is 0.0176. The Hall–Kier alpha value is -3.02. The van der Waals surface area contributed by atoms with Gasteiger partial charge in [-0.1, -0.05) is 11.6 Å². The maximum Gasteiger partial charge on any atom is 0.349 e. The van der Waals surface area contributed by atoms with Crippen molar-refractivity contribution in [1.29, 1.82) is 0 Å². The largest absolute Gasteiger partial charge is 0.448 e. The number of amides is 1. The molecule has 1 aliphatic carbocycles. The molecule has 178 valence electrons. The molecule has 34 heavy (non-hydrogen) atoms. The van der Waals surface area contributed by atoms with Gasteiger partial charge in [-0.05, 0) is 80.6 Å². The molecule has 12 heteroatoms. The fourth-order valence-electron chi connectivity index (χ4n) is 3.39. The Bertz CT molecular complexity index is 1280. The van der Waals surface area contributed by atoms with Gasteiger partial charge in [-0.15, -0.1) is 21.5 Å². The fourth-order valence-corrected chi connectivity index (χ4v) is 5.63. The summed E-state index contributed by atoms with van der Waals surface area (Å²) in [6, 6.07) is 10.2. The second kappa shape index (κ2) is 10.1. The van der Waals surface area contributed by atoms with E-state index in [0.717, 1.165) is 25.7 Å². The van der Waals surface area contributed by atoms with Crippen molar-refractivity contribution in [3.8, 4) is 0 Å². The molecule has 1 aromatic carbocycles. The average Bonchev–Trinajstić information content (AvgIpc) is 3.25. The highest BCUT2D eigenvalue weighted by atomic mass is 35.5. The van der Waals surface area contributed by atoms with E-state index in [2.05, 4.69) is 20.2 Å². The smallest absolute Gasteiger partial charge is 0.349 e. The van der Waals surface area contributed by atoms with E-state index in [1.165, 1.54) is 65.1 Å². The summed E-state index contributed by atoms with van der Waals surface area (Å²) < 4.78 is 32.6. The van der Waals surface area contributed by atoms with E-state index < -0.39 is 28.0 Å². The number of esters is 1. The van der Waals surface area contributed by atoms with Gasteiger partial charge in [0, 0.05) is 10.6 Å². The standard InChI is InChI=1S/C22H21ClN4O5S2/c1-13(32-22(29)18-12-14-4-2-3-5-17(14)33-18)21(28)24-15-6-8-16(9-7-15)34(30,31)27-20-11-10-19(23)25-26-20/h6-13H,2-5H2,1H3,(H,24,28)(H,26,27). The number of carbonyl (C=O) groups excluding carboxylic acids is 2. The van der Waals surface area contributed by atoms with Crippen LogP contribution >= 0.6 is 22.9 Å². The Balaban J connectivity index is 1.35. The van der Waals surface area contributed by atoms with E-state index >= 15 is 0 Å². The molecule has 0 radical (unpaired) electrons. The lowest BCUT2D eigenvalue weighted by Gasteiger charge is -2.13. The van der Waals surface area contributed by atoms with Gasteiger partial charge in [0.1, 0.15) is 4.88 Å². The number of nitrogens with one attached hydrogen (secondary N) is 2. The van der Waals surface area contributed by atoms with Crippen LogP contribution in [0.25, 0.3) is 0 Å². The van der Waals surface area contributed by atoms with E-state index in [1.807, 2.05) is 6.07 Å². The van der Waals surface area contributed by atoms with Gasteiger partial charge >= 0.3 is 5.97 Å². The lowest BCUT2D eigenvalue weighted by molar-refractivity contribution is -0.123. The third-order valence-corrected chi connectivity index (χ3v) is 7.94. The topological polar surface area (TPSA) is 127 Å². The Kier molecular flexibility index (Phi) is 7.15. The van der Waals surface area contributed by atoms with Crippen molar-refractivity contribution >= 4 is 56.3 Å². The van der Waals surface area contributed by atoms with Crippen LogP contribution in [0, 0.1) is 0 Å². The Morgan fingerprint density at radius 3 is 2.50 bits per heavy atom. The molecule has 0 saturated heterocycles. The zero-order chi connectivity index (χ0) is 24.3. The molecule has 3 aromatic rings. The summed E-state index contributed by atoms with van der Waals surface area (Å²) in [6.07, 6.45) is 3.13. The summed E-state index contributed by atoms with van der Waals surface area (Å²) in [5, 5.41) is 10.00. The van der Waals surface area contributed by atoms with Crippen LogP contribution in [-0.4, -0.2) is 36.6 Å². The van der Waals surface area contributed by atoms with Crippen molar-refractivity contribution in [1.82, 2.24) is 10.2 Å². The number of halogens is 1. The predicted octanol–water partition coefficient (Wildman–Crippen LogP) is 4.06. The first-order chi connectivity index (χ1) is 16.2. The number of hydrogen-bond acceptors (Lipinski definition) is 8. The number of rotatable bonds is 7. The molecule has 0 aliphatic heterocycles. The van der Waals surface area contributed by atoms with Crippen molar-refractivity contribution < 1.29 is 22.7 Å². The van der Waals surface area contributed by atoms with Gasteiger partial charge in [0.2, 0.25) is 0 Å². The maximum absolute atomic E-state index is 12.5. The van der Waals surface area contributed by atoms with Crippen molar-refractivity contribution in [3.05, 3.63) is 62.9 Å². The molecule has 0 bridgehead atoms. The van der Waals surface area contributed by atoms with E-state index in [9.17, 15) is 18.0 Å². The number of sulfonamides is 1. The molecule has 2 N–H and O–H groups in total. The second-order valence-electron chi connectivity index (χ2n) is 7.67. The fraction of sp³-hybridized carbons (Fsp3) is 0.273. The molecule has 0 spiro atoms. The highest BCUT2D eigenvalue weighted by Crippen LogP contribution is 2.30. The van der Waals surface area contributed by atoms with E-state index in [0.29, 0.717) is 10.6 Å². The molecule has 1 amide bonds. The number of hydrogen-bond donors (Lipinski definition) is 2. The number of fused-ring (bicyclic) bond motifs is 1. The summed E-state index contributed by atoms with van der Waals surface area (Å²) in [5.74, 6) is -1.04. The highest BCUT2D eigenvalue weighted by molar-refractivity contribution is 7.92. The minimum atomic E-state index is -3.91. The minimum Gasteiger partial charge on any atom is -0.448 e. The van der Waals surface area contributed by atoms with Crippen LogP contribution in [0.5, 0.6) is 0 Å². The molecular formula is C22H21ClN4O5S2. The normalized spacial score (nSPS) is 14.1. The van der Waals surface area contributed by atoms with Crippen LogP contribution < -0.4 is 10.0 Å². The first kappa shape index (κ1) is 24.1. The van der Waals surface area contributed by atoms with Crippen molar-refractivity contribution in [2.75, 3.05) is 10.0 Å². The maximum atomic E-state index is 12.5. The van der Waals surface area contributed by atoms with Crippen LogP contribution in [-0.2, 0) is 32.4 Å². The van der Waals surface area contributed by atoms with Gasteiger partial charge in [0.05, 0.1) is 4.90 Å². The Morgan fingerprint density at radius 2 is 1.82 bits per heavy atom. The third-order valence-electron chi connectivity index (χ3n) is 5.15. The Labute approximate surface area is 205 Å². The third kappa shape index (κ3) is 5.72. The molecule has 0 saturated carbocycles. The molecule has 1 unspecified atom stereocenters. The zero-order valence-electron chi connectivity index (χ0n) is 18.1. The molecule has 2 aromatic heterocycles. The number of aromatic nitrogens is 2.